The third kappa shape index (κ3) is 2.18. The van der Waals surface area contributed by atoms with Gasteiger partial charge in [0.25, 0.3) is 0 Å². The Morgan fingerprint density at radius 1 is 1.31 bits per heavy atom. The van der Waals surface area contributed by atoms with Crippen molar-refractivity contribution in [1.29, 1.82) is 0 Å². The highest BCUT2D eigenvalue weighted by Gasteiger charge is 2.15. The number of aliphatic hydroxyl groups excluding tert-OH is 1. The van der Waals surface area contributed by atoms with Crippen molar-refractivity contribution in [3.8, 4) is 0 Å². The van der Waals surface area contributed by atoms with E-state index >= 15 is 0 Å². The Morgan fingerprint density at radius 2 is 2.12 bits per heavy atom. The summed E-state index contributed by atoms with van der Waals surface area (Å²) in [4.78, 5) is 7.79. The first kappa shape index (κ1) is 11.0. The molecule has 0 spiro atoms. The number of rotatable bonds is 2. The lowest BCUT2D eigenvalue weighted by atomic mass is 10.1. The molecule has 0 saturated carbocycles. The Bertz CT molecular complexity index is 493. The highest BCUT2D eigenvalue weighted by molar-refractivity contribution is 6.31. The smallest absolute Gasteiger partial charge is 0.124 e. The van der Waals surface area contributed by atoms with E-state index in [4.69, 9.17) is 11.6 Å². The number of nitrogens with zero attached hydrogens (tertiary/aromatic N) is 2. The third-order valence-corrected chi connectivity index (χ3v) is 2.45. The summed E-state index contributed by atoms with van der Waals surface area (Å²) in [6, 6.07) is 3.81. The van der Waals surface area contributed by atoms with Crippen molar-refractivity contribution in [3.63, 3.8) is 0 Å². The minimum atomic E-state index is -0.998. The highest BCUT2D eigenvalue weighted by atomic mass is 35.5. The van der Waals surface area contributed by atoms with Gasteiger partial charge >= 0.3 is 0 Å². The molecule has 1 aromatic heterocycles. The zero-order valence-corrected chi connectivity index (χ0v) is 8.89. The predicted octanol–water partition coefficient (Wildman–Crippen LogP) is 2.35. The van der Waals surface area contributed by atoms with Crippen LogP contribution in [0.4, 0.5) is 4.39 Å². The molecule has 1 aromatic carbocycles. The van der Waals surface area contributed by atoms with Gasteiger partial charge in [-0.2, -0.15) is 0 Å². The molecule has 0 aliphatic carbocycles. The summed E-state index contributed by atoms with van der Waals surface area (Å²) in [5.74, 6) is -0.444. The van der Waals surface area contributed by atoms with Crippen LogP contribution in [0.1, 0.15) is 17.4 Å². The number of benzene rings is 1. The van der Waals surface area contributed by atoms with E-state index < -0.39 is 11.9 Å². The Balaban J connectivity index is 2.38. The Labute approximate surface area is 96.6 Å². The van der Waals surface area contributed by atoms with E-state index in [0.717, 1.165) is 6.07 Å². The summed E-state index contributed by atoms with van der Waals surface area (Å²) in [7, 11) is 0. The molecule has 82 valence electrons. The van der Waals surface area contributed by atoms with Gasteiger partial charge in [-0.05, 0) is 12.1 Å². The minimum Gasteiger partial charge on any atom is -0.382 e. The molecule has 0 bridgehead atoms. The fraction of sp³-hybridized carbons (Fsp3) is 0.0909. The average molecular weight is 239 g/mol. The summed E-state index contributed by atoms with van der Waals surface area (Å²) < 4.78 is 12.8. The van der Waals surface area contributed by atoms with Gasteiger partial charge in [-0.25, -0.2) is 4.39 Å². The molecular formula is C11H8ClFN2O. The quantitative estimate of drug-likeness (QED) is 0.874. The zero-order valence-electron chi connectivity index (χ0n) is 8.14. The first-order valence-corrected chi connectivity index (χ1v) is 4.95. The SMILES string of the molecule is OC(c1cnccn1)c1ccc(F)cc1Cl. The van der Waals surface area contributed by atoms with Crippen molar-refractivity contribution in [2.75, 3.05) is 0 Å². The van der Waals surface area contributed by atoms with E-state index in [-0.39, 0.29) is 5.02 Å². The van der Waals surface area contributed by atoms with Gasteiger partial charge in [0.1, 0.15) is 11.9 Å². The molecule has 2 aromatic rings. The van der Waals surface area contributed by atoms with Gasteiger partial charge in [0.2, 0.25) is 0 Å². The van der Waals surface area contributed by atoms with Crippen LogP contribution in [0.15, 0.2) is 36.8 Å². The second kappa shape index (κ2) is 4.55. The van der Waals surface area contributed by atoms with E-state index in [1.165, 1.54) is 30.7 Å². The molecule has 0 aliphatic heterocycles. The van der Waals surface area contributed by atoms with Gasteiger partial charge in [-0.15, -0.1) is 0 Å². The first-order valence-electron chi connectivity index (χ1n) is 4.57. The van der Waals surface area contributed by atoms with Crippen LogP contribution in [0.5, 0.6) is 0 Å². The van der Waals surface area contributed by atoms with Crippen LogP contribution in [0.3, 0.4) is 0 Å². The number of hydrogen-bond acceptors (Lipinski definition) is 3. The van der Waals surface area contributed by atoms with E-state index in [9.17, 15) is 9.50 Å². The van der Waals surface area contributed by atoms with Gasteiger partial charge in [-0.3, -0.25) is 9.97 Å². The van der Waals surface area contributed by atoms with E-state index in [1.54, 1.807) is 0 Å². The van der Waals surface area contributed by atoms with Crippen molar-refractivity contribution < 1.29 is 9.50 Å². The zero-order chi connectivity index (χ0) is 11.5. The van der Waals surface area contributed by atoms with Gasteiger partial charge in [0.15, 0.2) is 0 Å². The fourth-order valence-corrected chi connectivity index (χ4v) is 1.60. The van der Waals surface area contributed by atoms with Crippen molar-refractivity contribution in [1.82, 2.24) is 9.97 Å². The second-order valence-electron chi connectivity index (χ2n) is 3.20. The molecule has 0 saturated heterocycles. The largest absolute Gasteiger partial charge is 0.382 e. The predicted molar refractivity (Wildman–Crippen MR) is 57.5 cm³/mol. The maximum Gasteiger partial charge on any atom is 0.124 e. The monoisotopic (exact) mass is 238 g/mol. The van der Waals surface area contributed by atoms with Crippen LogP contribution >= 0.6 is 11.6 Å². The highest BCUT2D eigenvalue weighted by Crippen LogP contribution is 2.27. The van der Waals surface area contributed by atoms with Gasteiger partial charge in [0, 0.05) is 23.0 Å². The number of aliphatic hydroxyl groups is 1. The van der Waals surface area contributed by atoms with Crippen LogP contribution in [0.25, 0.3) is 0 Å². The first-order chi connectivity index (χ1) is 7.68. The Morgan fingerprint density at radius 3 is 2.75 bits per heavy atom. The molecular weight excluding hydrogens is 231 g/mol. The normalized spacial score (nSPS) is 12.4. The molecule has 0 radical (unpaired) electrons. The van der Waals surface area contributed by atoms with Gasteiger partial charge < -0.3 is 5.11 Å². The molecule has 0 amide bonds. The van der Waals surface area contributed by atoms with Crippen molar-refractivity contribution in [2.45, 2.75) is 6.10 Å². The topological polar surface area (TPSA) is 46.0 Å². The second-order valence-corrected chi connectivity index (χ2v) is 3.61. The average Bonchev–Trinajstić information content (AvgIpc) is 2.29. The van der Waals surface area contributed by atoms with E-state index in [2.05, 4.69) is 9.97 Å². The lowest BCUT2D eigenvalue weighted by molar-refractivity contribution is 0.215. The van der Waals surface area contributed by atoms with E-state index in [1.807, 2.05) is 0 Å². The van der Waals surface area contributed by atoms with E-state index in [0.29, 0.717) is 11.3 Å². The number of halogens is 2. The molecule has 16 heavy (non-hydrogen) atoms. The van der Waals surface area contributed by atoms with Crippen molar-refractivity contribution in [3.05, 3.63) is 58.9 Å². The lowest BCUT2D eigenvalue weighted by Gasteiger charge is -2.11. The summed E-state index contributed by atoms with van der Waals surface area (Å²) in [5, 5.41) is 10.1. The fourth-order valence-electron chi connectivity index (χ4n) is 1.33. The minimum absolute atomic E-state index is 0.165. The summed E-state index contributed by atoms with van der Waals surface area (Å²) in [6.07, 6.45) is 3.41. The molecule has 2 rings (SSSR count). The van der Waals surface area contributed by atoms with Gasteiger partial charge in [0.05, 0.1) is 11.9 Å². The van der Waals surface area contributed by atoms with Crippen molar-refractivity contribution in [2.24, 2.45) is 0 Å². The molecule has 0 fully saturated rings. The van der Waals surface area contributed by atoms with Crippen LogP contribution in [0, 0.1) is 5.82 Å². The molecule has 5 heteroatoms. The standard InChI is InChI=1S/C11H8ClFN2O/c12-9-5-7(13)1-2-8(9)11(16)10-6-14-3-4-15-10/h1-6,11,16H. The van der Waals surface area contributed by atoms with Gasteiger partial charge in [-0.1, -0.05) is 17.7 Å². The maximum atomic E-state index is 12.8. The molecule has 0 aliphatic rings. The van der Waals surface area contributed by atoms with Crippen LogP contribution in [0.2, 0.25) is 5.02 Å². The Kier molecular flexibility index (Phi) is 3.12. The van der Waals surface area contributed by atoms with Crippen molar-refractivity contribution >= 4 is 11.6 Å². The summed E-state index contributed by atoms with van der Waals surface area (Å²) in [5.41, 5.74) is 0.777. The van der Waals surface area contributed by atoms with Crippen LogP contribution < -0.4 is 0 Å². The molecule has 1 unspecified atom stereocenters. The molecule has 3 nitrogen and oxygen atoms in total. The summed E-state index contributed by atoms with van der Waals surface area (Å²) in [6.45, 7) is 0. The third-order valence-electron chi connectivity index (χ3n) is 2.12. The Hall–Kier alpha value is -1.52. The molecule has 1 atom stereocenters. The molecule has 1 heterocycles. The van der Waals surface area contributed by atoms with Crippen LogP contribution in [-0.2, 0) is 0 Å². The maximum absolute atomic E-state index is 12.8. The summed E-state index contributed by atoms with van der Waals surface area (Å²) >= 11 is 5.83. The molecule has 1 N–H and O–H groups in total. The van der Waals surface area contributed by atoms with Crippen LogP contribution in [-0.4, -0.2) is 15.1 Å². The number of aromatic nitrogens is 2. The lowest BCUT2D eigenvalue weighted by Crippen LogP contribution is -2.03. The number of hydrogen-bond donors (Lipinski definition) is 1.